The largest absolute Gasteiger partial charge is 0.481 e. The highest BCUT2D eigenvalue weighted by atomic mass is 16.4. The lowest BCUT2D eigenvalue weighted by atomic mass is 10.0. The van der Waals surface area contributed by atoms with Crippen molar-refractivity contribution in [1.82, 2.24) is 0 Å². The van der Waals surface area contributed by atoms with Gasteiger partial charge in [0.2, 0.25) is 0 Å². The van der Waals surface area contributed by atoms with Crippen molar-refractivity contribution in [2.24, 2.45) is 5.92 Å². The lowest BCUT2D eigenvalue weighted by Crippen LogP contribution is -2.19. The van der Waals surface area contributed by atoms with Crippen LogP contribution >= 0.6 is 0 Å². The molecule has 2 atom stereocenters. The van der Waals surface area contributed by atoms with E-state index in [1.807, 2.05) is 0 Å². The molecule has 0 aliphatic carbocycles. The number of carboxylic acid groups (broad SMARTS) is 1. The van der Waals surface area contributed by atoms with Crippen molar-refractivity contribution < 1.29 is 19.8 Å². The second kappa shape index (κ2) is 4.00. The van der Waals surface area contributed by atoms with Gasteiger partial charge in [-0.05, 0) is 13.3 Å². The molecule has 0 heterocycles. The third-order valence-electron chi connectivity index (χ3n) is 1.08. The Morgan fingerprint density at radius 3 is 2.30 bits per heavy atom. The Morgan fingerprint density at radius 2 is 2.20 bits per heavy atom. The molecule has 0 aliphatic heterocycles. The average molecular weight is 146 g/mol. The van der Waals surface area contributed by atoms with E-state index in [-0.39, 0.29) is 6.42 Å². The third-order valence-corrected chi connectivity index (χ3v) is 1.08. The second-order valence-corrected chi connectivity index (χ2v) is 2.17. The van der Waals surface area contributed by atoms with Crippen molar-refractivity contribution in [1.29, 1.82) is 0 Å². The summed E-state index contributed by atoms with van der Waals surface area (Å²) in [7, 11) is 0. The van der Waals surface area contributed by atoms with E-state index in [1.165, 1.54) is 6.92 Å². The van der Waals surface area contributed by atoms with Crippen molar-refractivity contribution in [2.45, 2.75) is 19.4 Å². The first-order chi connectivity index (χ1) is 4.57. The molecule has 0 aromatic heterocycles. The quantitative estimate of drug-likeness (QED) is 0.420. The fraction of sp³-hybridized carbons (Fsp3) is 0.667. The standard InChI is InChI=1S/C6H10O4/c1-4(8)2-5(3-7)6(9)10/h3-5,8H,2H2,1H3,(H,9,10). The van der Waals surface area contributed by atoms with Crippen LogP contribution in [0.4, 0.5) is 0 Å². The molecule has 0 rings (SSSR count). The van der Waals surface area contributed by atoms with Gasteiger partial charge in [-0.1, -0.05) is 0 Å². The Balaban J connectivity index is 3.83. The Morgan fingerprint density at radius 1 is 1.70 bits per heavy atom. The smallest absolute Gasteiger partial charge is 0.313 e. The number of aliphatic carboxylic acids is 1. The van der Waals surface area contributed by atoms with E-state index in [1.54, 1.807) is 0 Å². The number of carbonyl (C=O) groups excluding carboxylic acids is 1. The average Bonchev–Trinajstić information content (AvgIpc) is 1.81. The Hall–Kier alpha value is -0.900. The van der Waals surface area contributed by atoms with E-state index >= 15 is 0 Å². The van der Waals surface area contributed by atoms with Gasteiger partial charge in [0, 0.05) is 0 Å². The first-order valence-corrected chi connectivity index (χ1v) is 2.94. The van der Waals surface area contributed by atoms with Crippen LogP contribution in [0.3, 0.4) is 0 Å². The van der Waals surface area contributed by atoms with Crippen molar-refractivity contribution in [3.63, 3.8) is 0 Å². The molecule has 0 aromatic rings. The van der Waals surface area contributed by atoms with Gasteiger partial charge in [-0.2, -0.15) is 0 Å². The molecular weight excluding hydrogens is 136 g/mol. The Kier molecular flexibility index (Phi) is 3.64. The normalized spacial score (nSPS) is 15.8. The van der Waals surface area contributed by atoms with E-state index in [0.29, 0.717) is 6.29 Å². The van der Waals surface area contributed by atoms with Crippen molar-refractivity contribution in [3.8, 4) is 0 Å². The molecule has 2 N–H and O–H groups in total. The molecule has 0 aliphatic rings. The molecule has 0 saturated carbocycles. The summed E-state index contributed by atoms with van der Waals surface area (Å²) in [5, 5.41) is 17.0. The summed E-state index contributed by atoms with van der Waals surface area (Å²) in [5.41, 5.74) is 0. The topological polar surface area (TPSA) is 74.6 Å². The lowest BCUT2D eigenvalue weighted by molar-refractivity contribution is -0.144. The molecule has 0 spiro atoms. The van der Waals surface area contributed by atoms with Crippen LogP contribution in [0.2, 0.25) is 0 Å². The molecule has 0 amide bonds. The van der Waals surface area contributed by atoms with Gasteiger partial charge in [-0.3, -0.25) is 4.79 Å². The Labute approximate surface area is 58.5 Å². The molecule has 4 nitrogen and oxygen atoms in total. The monoisotopic (exact) mass is 146 g/mol. The minimum absolute atomic E-state index is 0.0150. The highest BCUT2D eigenvalue weighted by Gasteiger charge is 2.17. The third kappa shape index (κ3) is 3.19. The van der Waals surface area contributed by atoms with Gasteiger partial charge < -0.3 is 15.0 Å². The number of carboxylic acids is 1. The van der Waals surface area contributed by atoms with Gasteiger partial charge in [0.1, 0.15) is 12.2 Å². The molecule has 0 aromatic carbocycles. The second-order valence-electron chi connectivity index (χ2n) is 2.17. The first kappa shape index (κ1) is 9.10. The molecule has 0 bridgehead atoms. The number of hydrogen-bond acceptors (Lipinski definition) is 3. The van der Waals surface area contributed by atoms with Gasteiger partial charge in [-0.15, -0.1) is 0 Å². The van der Waals surface area contributed by atoms with Crippen LogP contribution in [0.25, 0.3) is 0 Å². The highest BCUT2D eigenvalue weighted by Crippen LogP contribution is 2.02. The maximum Gasteiger partial charge on any atom is 0.313 e. The summed E-state index contributed by atoms with van der Waals surface area (Å²) in [6, 6.07) is 0. The van der Waals surface area contributed by atoms with Gasteiger partial charge in [0.25, 0.3) is 0 Å². The zero-order chi connectivity index (χ0) is 8.15. The van der Waals surface area contributed by atoms with Crippen LogP contribution in [-0.2, 0) is 9.59 Å². The van der Waals surface area contributed by atoms with Crippen LogP contribution in [-0.4, -0.2) is 28.6 Å². The number of rotatable bonds is 4. The molecule has 58 valence electrons. The summed E-state index contributed by atoms with van der Waals surface area (Å²) in [6.45, 7) is 1.44. The summed E-state index contributed by atoms with van der Waals surface area (Å²) in [6.07, 6.45) is -0.431. The summed E-state index contributed by atoms with van der Waals surface area (Å²) in [5.74, 6) is -2.25. The van der Waals surface area contributed by atoms with E-state index in [4.69, 9.17) is 10.2 Å². The van der Waals surface area contributed by atoms with Gasteiger partial charge in [0.15, 0.2) is 0 Å². The number of aliphatic hydroxyl groups excluding tert-OH is 1. The molecule has 0 saturated heterocycles. The summed E-state index contributed by atoms with van der Waals surface area (Å²) < 4.78 is 0. The number of carbonyl (C=O) groups is 2. The molecule has 0 radical (unpaired) electrons. The predicted molar refractivity (Wildman–Crippen MR) is 33.5 cm³/mol. The van der Waals surface area contributed by atoms with Crippen LogP contribution < -0.4 is 0 Å². The summed E-state index contributed by atoms with van der Waals surface area (Å²) >= 11 is 0. The fourth-order valence-corrected chi connectivity index (χ4v) is 0.582. The number of hydrogen-bond donors (Lipinski definition) is 2. The van der Waals surface area contributed by atoms with Gasteiger partial charge >= 0.3 is 5.97 Å². The molecule has 2 unspecified atom stereocenters. The van der Waals surface area contributed by atoms with Crippen molar-refractivity contribution in [3.05, 3.63) is 0 Å². The minimum Gasteiger partial charge on any atom is -0.481 e. The number of aliphatic hydroxyl groups is 1. The van der Waals surface area contributed by atoms with Gasteiger partial charge in [-0.25, -0.2) is 0 Å². The SMILES string of the molecule is CC(O)CC(C=O)C(=O)O. The van der Waals surface area contributed by atoms with E-state index < -0.39 is 18.0 Å². The zero-order valence-electron chi connectivity index (χ0n) is 5.65. The lowest BCUT2D eigenvalue weighted by Gasteiger charge is -2.05. The summed E-state index contributed by atoms with van der Waals surface area (Å²) in [4.78, 5) is 20.1. The highest BCUT2D eigenvalue weighted by molar-refractivity contribution is 5.86. The van der Waals surface area contributed by atoms with E-state index in [9.17, 15) is 9.59 Å². The number of aldehydes is 1. The van der Waals surface area contributed by atoms with Gasteiger partial charge in [0.05, 0.1) is 6.10 Å². The van der Waals surface area contributed by atoms with Crippen LogP contribution in [0.1, 0.15) is 13.3 Å². The molecule has 0 fully saturated rings. The fourth-order valence-electron chi connectivity index (χ4n) is 0.582. The Bertz CT molecular complexity index is 130. The first-order valence-electron chi connectivity index (χ1n) is 2.94. The van der Waals surface area contributed by atoms with Crippen molar-refractivity contribution in [2.75, 3.05) is 0 Å². The molecular formula is C6H10O4. The van der Waals surface area contributed by atoms with Crippen LogP contribution in [0.5, 0.6) is 0 Å². The minimum atomic E-state index is -1.18. The zero-order valence-corrected chi connectivity index (χ0v) is 5.65. The maximum atomic E-state index is 10.1. The van der Waals surface area contributed by atoms with E-state index in [2.05, 4.69) is 0 Å². The van der Waals surface area contributed by atoms with Crippen LogP contribution in [0, 0.1) is 5.92 Å². The molecule has 4 heteroatoms. The predicted octanol–water partition coefficient (Wildman–Crippen LogP) is -0.343. The molecule has 10 heavy (non-hydrogen) atoms. The maximum absolute atomic E-state index is 10.1. The van der Waals surface area contributed by atoms with Crippen molar-refractivity contribution >= 4 is 12.3 Å². The van der Waals surface area contributed by atoms with Crippen LogP contribution in [0.15, 0.2) is 0 Å². The van der Waals surface area contributed by atoms with E-state index in [0.717, 1.165) is 0 Å².